The summed E-state index contributed by atoms with van der Waals surface area (Å²) >= 11 is 0. The molecule has 1 nitrogen and oxygen atoms in total. The molecule has 2 saturated carbocycles. The lowest BCUT2D eigenvalue weighted by Gasteiger charge is -2.25. The molecular weight excluding hydrogens is 112 g/mol. The first kappa shape index (κ1) is 5.72. The van der Waals surface area contributed by atoms with Crippen LogP contribution in [0, 0.1) is 11.3 Å². The van der Waals surface area contributed by atoms with Gasteiger partial charge < -0.3 is 5.11 Å². The van der Waals surface area contributed by atoms with Gasteiger partial charge in [0, 0.05) is 0 Å². The normalized spacial score (nSPS) is 63.7. The predicted octanol–water partition coefficient (Wildman–Crippen LogP) is 1.56. The molecule has 0 amide bonds. The zero-order valence-corrected chi connectivity index (χ0v) is 6.15. The summed E-state index contributed by atoms with van der Waals surface area (Å²) in [6, 6.07) is 0. The highest BCUT2D eigenvalue weighted by molar-refractivity contribution is 5.14. The van der Waals surface area contributed by atoms with Gasteiger partial charge in [0.25, 0.3) is 0 Å². The molecule has 0 aliphatic heterocycles. The highest BCUT2D eigenvalue weighted by Gasteiger charge is 2.64. The number of hydrogen-bond donors (Lipinski definition) is 1. The van der Waals surface area contributed by atoms with Crippen LogP contribution >= 0.6 is 0 Å². The van der Waals surface area contributed by atoms with Gasteiger partial charge in [-0.1, -0.05) is 6.92 Å². The van der Waals surface area contributed by atoms with E-state index in [0.717, 1.165) is 12.3 Å². The summed E-state index contributed by atoms with van der Waals surface area (Å²) in [5.41, 5.74) is -0.0231. The van der Waals surface area contributed by atoms with Crippen LogP contribution in [0.5, 0.6) is 0 Å². The lowest BCUT2D eigenvalue weighted by atomic mass is 9.89. The van der Waals surface area contributed by atoms with E-state index in [1.54, 1.807) is 0 Å². The van der Waals surface area contributed by atoms with Crippen LogP contribution in [0.3, 0.4) is 0 Å². The average molecular weight is 126 g/mol. The third-order valence-corrected chi connectivity index (χ3v) is 3.62. The van der Waals surface area contributed by atoms with Crippen LogP contribution in [0.1, 0.15) is 33.1 Å². The topological polar surface area (TPSA) is 20.2 Å². The summed E-state index contributed by atoms with van der Waals surface area (Å²) < 4.78 is 0. The second-order valence-corrected chi connectivity index (χ2v) is 4.13. The summed E-state index contributed by atoms with van der Waals surface area (Å²) in [7, 11) is 0. The molecule has 3 atom stereocenters. The van der Waals surface area contributed by atoms with Crippen LogP contribution in [-0.2, 0) is 0 Å². The molecule has 0 heterocycles. The summed E-state index contributed by atoms with van der Waals surface area (Å²) in [5, 5.41) is 9.76. The van der Waals surface area contributed by atoms with Gasteiger partial charge in [-0.25, -0.2) is 0 Å². The lowest BCUT2D eigenvalue weighted by molar-refractivity contribution is 0.00305. The Hall–Kier alpha value is -0.0400. The fraction of sp³-hybridized carbons (Fsp3) is 1.00. The van der Waals surface area contributed by atoms with Crippen LogP contribution in [0.4, 0.5) is 0 Å². The summed E-state index contributed by atoms with van der Waals surface area (Å²) in [5.74, 6) is 0.854. The molecule has 2 fully saturated rings. The molecular formula is C8H14O. The van der Waals surface area contributed by atoms with Gasteiger partial charge in [0.15, 0.2) is 0 Å². The van der Waals surface area contributed by atoms with Crippen LogP contribution in [0.15, 0.2) is 0 Å². The van der Waals surface area contributed by atoms with Crippen molar-refractivity contribution < 1.29 is 5.11 Å². The van der Waals surface area contributed by atoms with Gasteiger partial charge in [-0.15, -0.1) is 0 Å². The van der Waals surface area contributed by atoms with Gasteiger partial charge in [-0.05, 0) is 37.5 Å². The zero-order chi connectivity index (χ0) is 6.70. The van der Waals surface area contributed by atoms with E-state index in [1.807, 2.05) is 6.92 Å². The SMILES string of the molecule is C[C@]12C[C@H]1CC[C@@]2(C)O. The van der Waals surface area contributed by atoms with Gasteiger partial charge in [-0.3, -0.25) is 0 Å². The zero-order valence-electron chi connectivity index (χ0n) is 6.15. The van der Waals surface area contributed by atoms with E-state index in [4.69, 9.17) is 0 Å². The smallest absolute Gasteiger partial charge is 0.0675 e. The van der Waals surface area contributed by atoms with Crippen molar-refractivity contribution in [2.24, 2.45) is 11.3 Å². The maximum Gasteiger partial charge on any atom is 0.0675 e. The van der Waals surface area contributed by atoms with Gasteiger partial charge >= 0.3 is 0 Å². The monoisotopic (exact) mass is 126 g/mol. The van der Waals surface area contributed by atoms with Crippen molar-refractivity contribution in [1.29, 1.82) is 0 Å². The molecule has 2 aliphatic carbocycles. The Bertz CT molecular complexity index is 146. The van der Waals surface area contributed by atoms with E-state index in [-0.39, 0.29) is 5.60 Å². The Morgan fingerprint density at radius 3 is 2.22 bits per heavy atom. The van der Waals surface area contributed by atoms with Gasteiger partial charge in [-0.2, -0.15) is 0 Å². The quantitative estimate of drug-likeness (QED) is 0.522. The predicted molar refractivity (Wildman–Crippen MR) is 36.1 cm³/mol. The van der Waals surface area contributed by atoms with Crippen molar-refractivity contribution in [3.63, 3.8) is 0 Å². The minimum Gasteiger partial charge on any atom is -0.390 e. The van der Waals surface area contributed by atoms with Crippen molar-refractivity contribution >= 4 is 0 Å². The molecule has 0 aromatic rings. The molecule has 0 unspecified atom stereocenters. The molecule has 0 saturated heterocycles. The van der Waals surface area contributed by atoms with Crippen molar-refractivity contribution in [2.75, 3.05) is 0 Å². The second kappa shape index (κ2) is 1.20. The molecule has 52 valence electrons. The Morgan fingerprint density at radius 1 is 1.44 bits per heavy atom. The van der Waals surface area contributed by atoms with Crippen LogP contribution in [0.25, 0.3) is 0 Å². The van der Waals surface area contributed by atoms with Crippen LogP contribution in [0.2, 0.25) is 0 Å². The van der Waals surface area contributed by atoms with Gasteiger partial charge in [0.1, 0.15) is 0 Å². The molecule has 0 aromatic heterocycles. The van der Waals surface area contributed by atoms with Crippen molar-refractivity contribution in [2.45, 2.75) is 38.7 Å². The minimum atomic E-state index is -0.336. The van der Waals surface area contributed by atoms with Crippen molar-refractivity contribution in [3.05, 3.63) is 0 Å². The summed E-state index contributed by atoms with van der Waals surface area (Å²) in [4.78, 5) is 0. The summed E-state index contributed by atoms with van der Waals surface area (Å²) in [6.45, 7) is 4.20. The number of rotatable bonds is 0. The molecule has 0 aromatic carbocycles. The Balaban J connectivity index is 2.28. The molecule has 1 heteroatoms. The minimum absolute atomic E-state index is 0.312. The first-order valence-electron chi connectivity index (χ1n) is 3.79. The molecule has 1 N–H and O–H groups in total. The molecule has 0 bridgehead atoms. The van der Waals surface area contributed by atoms with Crippen LogP contribution in [-0.4, -0.2) is 10.7 Å². The second-order valence-electron chi connectivity index (χ2n) is 4.13. The fourth-order valence-corrected chi connectivity index (χ4v) is 2.27. The number of hydrogen-bond acceptors (Lipinski definition) is 1. The van der Waals surface area contributed by atoms with Gasteiger partial charge in [0.05, 0.1) is 5.60 Å². The fourth-order valence-electron chi connectivity index (χ4n) is 2.27. The largest absolute Gasteiger partial charge is 0.390 e. The molecule has 0 radical (unpaired) electrons. The molecule has 0 spiro atoms. The third-order valence-electron chi connectivity index (χ3n) is 3.62. The van der Waals surface area contributed by atoms with E-state index < -0.39 is 0 Å². The number of fused-ring (bicyclic) bond motifs is 1. The van der Waals surface area contributed by atoms with E-state index in [0.29, 0.717) is 5.41 Å². The van der Waals surface area contributed by atoms with E-state index in [9.17, 15) is 5.11 Å². The van der Waals surface area contributed by atoms with E-state index in [2.05, 4.69) is 6.92 Å². The average Bonchev–Trinajstić information content (AvgIpc) is 2.34. The Kier molecular flexibility index (Phi) is 0.760. The molecule has 2 aliphatic rings. The summed E-state index contributed by atoms with van der Waals surface area (Å²) in [6.07, 6.45) is 3.54. The van der Waals surface area contributed by atoms with E-state index in [1.165, 1.54) is 12.8 Å². The maximum absolute atomic E-state index is 9.76. The Morgan fingerprint density at radius 2 is 2.11 bits per heavy atom. The highest BCUT2D eigenvalue weighted by Crippen LogP contribution is 2.67. The maximum atomic E-state index is 9.76. The number of aliphatic hydroxyl groups is 1. The Labute approximate surface area is 56.1 Å². The van der Waals surface area contributed by atoms with Crippen molar-refractivity contribution in [1.82, 2.24) is 0 Å². The van der Waals surface area contributed by atoms with Gasteiger partial charge in [0.2, 0.25) is 0 Å². The van der Waals surface area contributed by atoms with Crippen LogP contribution < -0.4 is 0 Å². The highest BCUT2D eigenvalue weighted by atomic mass is 16.3. The molecule has 2 rings (SSSR count). The third kappa shape index (κ3) is 0.493. The van der Waals surface area contributed by atoms with Crippen molar-refractivity contribution in [3.8, 4) is 0 Å². The standard InChI is InChI=1S/C8H14O/c1-7-5-6(7)3-4-8(7,2)9/h6,9H,3-5H2,1-2H3/t6-,7+,8-/m1/s1. The van der Waals surface area contributed by atoms with E-state index >= 15 is 0 Å². The first-order valence-corrected chi connectivity index (χ1v) is 3.79. The first-order chi connectivity index (χ1) is 4.06. The molecule has 9 heavy (non-hydrogen) atoms. The lowest BCUT2D eigenvalue weighted by Crippen LogP contribution is -2.30.